The maximum atomic E-state index is 12.9. The second-order valence-electron chi connectivity index (χ2n) is 5.74. The Balaban J connectivity index is 1.82. The molecule has 4 nitrogen and oxygen atoms in total. The smallest absolute Gasteiger partial charge is 0.256 e. The highest BCUT2D eigenvalue weighted by Crippen LogP contribution is 2.26. The topological polar surface area (TPSA) is 49.4 Å². The minimum absolute atomic E-state index is 0.0864. The number of rotatable bonds is 3. The molecule has 1 aliphatic rings. The van der Waals surface area contributed by atoms with Crippen LogP contribution in [0.5, 0.6) is 0 Å². The van der Waals surface area contributed by atoms with Crippen molar-refractivity contribution in [1.82, 2.24) is 0 Å². The Hall–Kier alpha value is -2.69. The van der Waals surface area contributed by atoms with Crippen LogP contribution in [0.15, 0.2) is 42.5 Å². The number of halogens is 1. The standard InChI is InChI=1S/C18H17FN2O2/c1-11-3-8-15(9-12(11)2)21-17(22)10-16(18(21)23)20-14-6-4-13(19)5-7-14/h3-9,16,20H,10H2,1-2H3/t16-/m0/s1. The van der Waals surface area contributed by atoms with Gasteiger partial charge in [-0.15, -0.1) is 0 Å². The number of imide groups is 1. The first-order valence-corrected chi connectivity index (χ1v) is 7.42. The van der Waals surface area contributed by atoms with Crippen LogP contribution in [-0.4, -0.2) is 17.9 Å². The molecule has 0 aromatic heterocycles. The number of nitrogens with zero attached hydrogens (tertiary/aromatic N) is 1. The third kappa shape index (κ3) is 2.95. The summed E-state index contributed by atoms with van der Waals surface area (Å²) in [5.41, 5.74) is 3.33. The number of carbonyl (C=O) groups is 2. The van der Waals surface area contributed by atoms with Gasteiger partial charge in [0, 0.05) is 5.69 Å². The molecule has 2 aromatic carbocycles. The van der Waals surface area contributed by atoms with Gasteiger partial charge in [0.25, 0.3) is 5.91 Å². The van der Waals surface area contributed by atoms with Crippen molar-refractivity contribution in [1.29, 1.82) is 0 Å². The molecule has 0 saturated carbocycles. The van der Waals surface area contributed by atoms with Gasteiger partial charge in [-0.05, 0) is 61.4 Å². The minimum Gasteiger partial charge on any atom is -0.373 e. The Morgan fingerprint density at radius 1 is 1.04 bits per heavy atom. The van der Waals surface area contributed by atoms with Crippen LogP contribution in [0, 0.1) is 19.7 Å². The normalized spacial score (nSPS) is 17.7. The zero-order chi connectivity index (χ0) is 16.6. The molecule has 0 unspecified atom stereocenters. The third-order valence-electron chi connectivity index (χ3n) is 4.08. The third-order valence-corrected chi connectivity index (χ3v) is 4.08. The van der Waals surface area contributed by atoms with Gasteiger partial charge < -0.3 is 5.32 Å². The summed E-state index contributed by atoms with van der Waals surface area (Å²) in [6.07, 6.45) is 0.0864. The van der Waals surface area contributed by atoms with Crippen LogP contribution in [-0.2, 0) is 9.59 Å². The molecule has 1 aliphatic heterocycles. The van der Waals surface area contributed by atoms with Gasteiger partial charge in [0.15, 0.2) is 0 Å². The van der Waals surface area contributed by atoms with Crippen LogP contribution in [0.1, 0.15) is 17.5 Å². The molecule has 0 spiro atoms. The SMILES string of the molecule is Cc1ccc(N2C(=O)C[C@H](Nc3ccc(F)cc3)C2=O)cc1C. The average Bonchev–Trinajstić information content (AvgIpc) is 2.79. The van der Waals surface area contributed by atoms with Gasteiger partial charge >= 0.3 is 0 Å². The number of amides is 2. The zero-order valence-corrected chi connectivity index (χ0v) is 13.0. The lowest BCUT2D eigenvalue weighted by atomic mass is 10.1. The van der Waals surface area contributed by atoms with E-state index in [1.54, 1.807) is 18.2 Å². The Morgan fingerprint density at radius 2 is 1.74 bits per heavy atom. The van der Waals surface area contributed by atoms with E-state index >= 15 is 0 Å². The predicted molar refractivity (Wildman–Crippen MR) is 86.8 cm³/mol. The van der Waals surface area contributed by atoms with E-state index in [-0.39, 0.29) is 24.1 Å². The molecule has 0 radical (unpaired) electrons. The van der Waals surface area contributed by atoms with Gasteiger partial charge in [0.1, 0.15) is 11.9 Å². The maximum Gasteiger partial charge on any atom is 0.256 e. The van der Waals surface area contributed by atoms with Gasteiger partial charge in [-0.2, -0.15) is 0 Å². The Morgan fingerprint density at radius 3 is 2.39 bits per heavy atom. The summed E-state index contributed by atoms with van der Waals surface area (Å²) in [6.45, 7) is 3.92. The number of hydrogen-bond donors (Lipinski definition) is 1. The summed E-state index contributed by atoms with van der Waals surface area (Å²) in [4.78, 5) is 26.0. The number of aryl methyl sites for hydroxylation is 2. The lowest BCUT2D eigenvalue weighted by Gasteiger charge is -2.17. The van der Waals surface area contributed by atoms with Crippen molar-refractivity contribution >= 4 is 23.2 Å². The molecular weight excluding hydrogens is 295 g/mol. The van der Waals surface area contributed by atoms with Crippen LogP contribution < -0.4 is 10.2 Å². The van der Waals surface area contributed by atoms with Crippen molar-refractivity contribution < 1.29 is 14.0 Å². The number of hydrogen-bond acceptors (Lipinski definition) is 3. The molecule has 5 heteroatoms. The highest BCUT2D eigenvalue weighted by molar-refractivity contribution is 6.23. The summed E-state index contributed by atoms with van der Waals surface area (Å²) >= 11 is 0. The van der Waals surface area contributed by atoms with Crippen molar-refractivity contribution in [3.63, 3.8) is 0 Å². The number of carbonyl (C=O) groups excluding carboxylic acids is 2. The zero-order valence-electron chi connectivity index (χ0n) is 13.0. The van der Waals surface area contributed by atoms with Gasteiger partial charge in [-0.25, -0.2) is 9.29 Å². The molecule has 23 heavy (non-hydrogen) atoms. The fraction of sp³-hybridized carbons (Fsp3) is 0.222. The van der Waals surface area contributed by atoms with E-state index in [9.17, 15) is 14.0 Å². The molecule has 118 valence electrons. The first kappa shape index (κ1) is 15.2. The Labute approximate surface area is 133 Å². The number of benzene rings is 2. The lowest BCUT2D eigenvalue weighted by Crippen LogP contribution is -2.34. The monoisotopic (exact) mass is 312 g/mol. The molecule has 1 heterocycles. The quantitative estimate of drug-likeness (QED) is 0.886. The van der Waals surface area contributed by atoms with Crippen molar-refractivity contribution in [2.24, 2.45) is 0 Å². The van der Waals surface area contributed by atoms with Crippen molar-refractivity contribution in [3.05, 3.63) is 59.4 Å². The molecule has 1 N–H and O–H groups in total. The van der Waals surface area contributed by atoms with Gasteiger partial charge in [0.2, 0.25) is 5.91 Å². The molecule has 1 atom stereocenters. The summed E-state index contributed by atoms with van der Waals surface area (Å²) < 4.78 is 12.9. The van der Waals surface area contributed by atoms with E-state index in [1.807, 2.05) is 26.0 Å². The van der Waals surface area contributed by atoms with Gasteiger partial charge in [0.05, 0.1) is 12.1 Å². The van der Waals surface area contributed by atoms with Crippen molar-refractivity contribution in [2.45, 2.75) is 26.3 Å². The predicted octanol–water partition coefficient (Wildman–Crippen LogP) is 3.19. The fourth-order valence-electron chi connectivity index (χ4n) is 2.63. The van der Waals surface area contributed by atoms with E-state index in [0.717, 1.165) is 11.1 Å². The van der Waals surface area contributed by atoms with Crippen LogP contribution in [0.2, 0.25) is 0 Å². The highest BCUT2D eigenvalue weighted by Gasteiger charge is 2.39. The number of anilines is 2. The van der Waals surface area contributed by atoms with E-state index in [2.05, 4.69) is 5.32 Å². The van der Waals surface area contributed by atoms with Gasteiger partial charge in [-0.3, -0.25) is 9.59 Å². The number of nitrogens with one attached hydrogen (secondary N) is 1. The molecule has 3 rings (SSSR count). The first-order valence-electron chi connectivity index (χ1n) is 7.42. The summed E-state index contributed by atoms with van der Waals surface area (Å²) in [5.74, 6) is -0.874. The highest BCUT2D eigenvalue weighted by atomic mass is 19.1. The largest absolute Gasteiger partial charge is 0.373 e. The van der Waals surface area contributed by atoms with E-state index < -0.39 is 6.04 Å². The van der Waals surface area contributed by atoms with Crippen LogP contribution in [0.4, 0.5) is 15.8 Å². The van der Waals surface area contributed by atoms with Crippen LogP contribution in [0.3, 0.4) is 0 Å². The molecule has 1 fully saturated rings. The molecule has 1 saturated heterocycles. The van der Waals surface area contributed by atoms with Crippen molar-refractivity contribution in [2.75, 3.05) is 10.2 Å². The maximum absolute atomic E-state index is 12.9. The summed E-state index contributed by atoms with van der Waals surface area (Å²) in [6, 6.07) is 10.6. The average molecular weight is 312 g/mol. The second-order valence-corrected chi connectivity index (χ2v) is 5.74. The Bertz CT molecular complexity index is 771. The van der Waals surface area contributed by atoms with Crippen molar-refractivity contribution in [3.8, 4) is 0 Å². The van der Waals surface area contributed by atoms with E-state index in [0.29, 0.717) is 11.4 Å². The van der Waals surface area contributed by atoms with Crippen LogP contribution >= 0.6 is 0 Å². The van der Waals surface area contributed by atoms with Crippen LogP contribution in [0.25, 0.3) is 0 Å². The Kier molecular flexibility index (Phi) is 3.86. The molecular formula is C18H17FN2O2. The first-order chi connectivity index (χ1) is 11.0. The summed E-state index contributed by atoms with van der Waals surface area (Å²) in [7, 11) is 0. The molecule has 2 amide bonds. The van der Waals surface area contributed by atoms with Gasteiger partial charge in [-0.1, -0.05) is 6.07 Å². The molecule has 0 bridgehead atoms. The molecule has 2 aromatic rings. The lowest BCUT2D eigenvalue weighted by molar-refractivity contribution is -0.121. The fourth-order valence-corrected chi connectivity index (χ4v) is 2.63. The second kappa shape index (κ2) is 5.83. The van der Waals surface area contributed by atoms with E-state index in [1.165, 1.54) is 17.0 Å². The van der Waals surface area contributed by atoms with E-state index in [4.69, 9.17) is 0 Å². The minimum atomic E-state index is -0.630. The summed E-state index contributed by atoms with van der Waals surface area (Å²) in [5, 5.41) is 3.00. The molecule has 0 aliphatic carbocycles.